The molecule has 0 saturated heterocycles. The summed E-state index contributed by atoms with van der Waals surface area (Å²) in [4.78, 5) is 29.4. The fourth-order valence-corrected chi connectivity index (χ4v) is 3.11. The number of fused-ring (bicyclic) bond motifs is 1. The number of hydrogen-bond donors (Lipinski definition) is 2. The lowest BCUT2D eigenvalue weighted by molar-refractivity contribution is 0.248. The van der Waals surface area contributed by atoms with E-state index in [9.17, 15) is 9.59 Å². The normalized spacial score (nSPS) is 12.0. The van der Waals surface area contributed by atoms with Crippen LogP contribution >= 0.6 is 11.6 Å². The van der Waals surface area contributed by atoms with Crippen LogP contribution in [0.25, 0.3) is 10.9 Å². The lowest BCUT2D eigenvalue weighted by Gasteiger charge is -2.18. The van der Waals surface area contributed by atoms with Crippen molar-refractivity contribution in [3.63, 3.8) is 0 Å². The van der Waals surface area contributed by atoms with E-state index in [1.807, 2.05) is 24.3 Å². The summed E-state index contributed by atoms with van der Waals surface area (Å²) in [5, 5.41) is 6.62. The first-order valence-electron chi connectivity index (χ1n) is 8.71. The third-order valence-electron chi connectivity index (χ3n) is 4.40. The van der Waals surface area contributed by atoms with E-state index in [0.717, 1.165) is 12.0 Å². The second-order valence-corrected chi connectivity index (χ2v) is 6.81. The maximum atomic E-state index is 12.6. The zero-order chi connectivity index (χ0) is 19.6. The van der Waals surface area contributed by atoms with Crippen molar-refractivity contribution in [3.05, 3.63) is 69.2 Å². The van der Waals surface area contributed by atoms with Crippen LogP contribution in [0.3, 0.4) is 0 Å². The molecule has 0 aliphatic carbocycles. The Morgan fingerprint density at radius 2 is 2.04 bits per heavy atom. The molecule has 2 N–H and O–H groups in total. The second kappa shape index (κ2) is 7.80. The highest BCUT2D eigenvalue weighted by Gasteiger charge is 2.17. The van der Waals surface area contributed by atoms with Crippen LogP contribution in [0.15, 0.2) is 47.3 Å². The standard InChI is InChI=1S/C20H21ClN4O2/c1-4-13-6-5-7-15(10-13)23-20(27)22-12(2)18-24-17-11-14(21)8-9-16(17)19(26)25(18)3/h5-12H,4H2,1-3H3,(H2,22,23,27)/t12-/m1/s1. The van der Waals surface area contributed by atoms with Crippen molar-refractivity contribution in [1.29, 1.82) is 0 Å². The molecule has 7 heteroatoms. The first-order chi connectivity index (χ1) is 12.9. The van der Waals surface area contributed by atoms with E-state index in [1.54, 1.807) is 32.2 Å². The van der Waals surface area contributed by atoms with E-state index in [4.69, 9.17) is 11.6 Å². The number of amides is 2. The van der Waals surface area contributed by atoms with Gasteiger partial charge in [-0.15, -0.1) is 0 Å². The minimum absolute atomic E-state index is 0.184. The van der Waals surface area contributed by atoms with Gasteiger partial charge in [0.25, 0.3) is 5.56 Å². The van der Waals surface area contributed by atoms with Gasteiger partial charge < -0.3 is 10.6 Å². The van der Waals surface area contributed by atoms with Crippen LogP contribution in [0.4, 0.5) is 10.5 Å². The summed E-state index contributed by atoms with van der Waals surface area (Å²) in [6, 6.07) is 11.8. The number of urea groups is 1. The van der Waals surface area contributed by atoms with Crippen molar-refractivity contribution in [1.82, 2.24) is 14.9 Å². The molecule has 6 nitrogen and oxygen atoms in total. The molecule has 1 aromatic heterocycles. The van der Waals surface area contributed by atoms with Crippen molar-refractivity contribution < 1.29 is 4.79 Å². The van der Waals surface area contributed by atoms with Crippen LogP contribution in [0.2, 0.25) is 5.02 Å². The lowest BCUT2D eigenvalue weighted by Crippen LogP contribution is -2.35. The summed E-state index contributed by atoms with van der Waals surface area (Å²) in [7, 11) is 1.64. The van der Waals surface area contributed by atoms with Crippen molar-refractivity contribution in [3.8, 4) is 0 Å². The molecule has 0 saturated carbocycles. The van der Waals surface area contributed by atoms with Gasteiger partial charge in [-0.05, 0) is 49.2 Å². The number of carbonyl (C=O) groups is 1. The maximum absolute atomic E-state index is 12.6. The quantitative estimate of drug-likeness (QED) is 0.713. The van der Waals surface area contributed by atoms with Gasteiger partial charge in [-0.3, -0.25) is 9.36 Å². The molecule has 0 spiro atoms. The summed E-state index contributed by atoms with van der Waals surface area (Å²) in [5.74, 6) is 0.451. The summed E-state index contributed by atoms with van der Waals surface area (Å²) >= 11 is 6.01. The number of hydrogen-bond acceptors (Lipinski definition) is 3. The zero-order valence-electron chi connectivity index (χ0n) is 15.4. The second-order valence-electron chi connectivity index (χ2n) is 6.37. The van der Waals surface area contributed by atoms with Gasteiger partial charge in [-0.1, -0.05) is 30.7 Å². The molecule has 27 heavy (non-hydrogen) atoms. The van der Waals surface area contributed by atoms with Gasteiger partial charge >= 0.3 is 6.03 Å². The van der Waals surface area contributed by atoms with E-state index in [0.29, 0.717) is 27.4 Å². The number of benzene rings is 2. The average molecular weight is 385 g/mol. The molecule has 3 rings (SSSR count). The first kappa shape index (κ1) is 18.9. The molecule has 0 aliphatic rings. The number of aryl methyl sites for hydroxylation is 1. The number of anilines is 1. The smallest absolute Gasteiger partial charge is 0.319 e. The predicted octanol–water partition coefficient (Wildman–Crippen LogP) is 4.03. The molecular formula is C20H21ClN4O2. The van der Waals surface area contributed by atoms with E-state index in [2.05, 4.69) is 22.5 Å². The highest BCUT2D eigenvalue weighted by molar-refractivity contribution is 6.31. The topological polar surface area (TPSA) is 76.0 Å². The number of carbonyl (C=O) groups excluding carboxylic acids is 1. The molecule has 0 bridgehead atoms. The van der Waals surface area contributed by atoms with Gasteiger partial charge in [0.2, 0.25) is 0 Å². The van der Waals surface area contributed by atoms with Crippen LogP contribution in [-0.4, -0.2) is 15.6 Å². The minimum atomic E-state index is -0.472. The molecule has 1 heterocycles. The Hall–Kier alpha value is -2.86. The molecule has 3 aromatic rings. The Kier molecular flexibility index (Phi) is 5.46. The van der Waals surface area contributed by atoms with Crippen LogP contribution in [0.1, 0.15) is 31.3 Å². The van der Waals surface area contributed by atoms with Crippen molar-refractivity contribution >= 4 is 34.2 Å². The SMILES string of the molecule is CCc1cccc(NC(=O)N[C@H](C)c2nc3cc(Cl)ccc3c(=O)n2C)c1. The van der Waals surface area contributed by atoms with Crippen LogP contribution in [0, 0.1) is 0 Å². The van der Waals surface area contributed by atoms with Crippen molar-refractivity contribution in [2.75, 3.05) is 5.32 Å². The number of halogens is 1. The first-order valence-corrected chi connectivity index (χ1v) is 9.09. The third kappa shape index (κ3) is 4.11. The van der Waals surface area contributed by atoms with E-state index in [1.165, 1.54) is 4.57 Å². The molecule has 0 fully saturated rings. The van der Waals surface area contributed by atoms with Gasteiger partial charge in [0, 0.05) is 17.8 Å². The maximum Gasteiger partial charge on any atom is 0.319 e. The lowest BCUT2D eigenvalue weighted by atomic mass is 10.1. The van der Waals surface area contributed by atoms with Gasteiger partial charge in [0.1, 0.15) is 5.82 Å². The van der Waals surface area contributed by atoms with Crippen molar-refractivity contribution in [2.24, 2.45) is 7.05 Å². The highest BCUT2D eigenvalue weighted by atomic mass is 35.5. The summed E-state index contributed by atoms with van der Waals surface area (Å²) in [6.07, 6.45) is 0.888. The van der Waals surface area contributed by atoms with E-state index >= 15 is 0 Å². The van der Waals surface area contributed by atoms with Gasteiger partial charge in [0.15, 0.2) is 0 Å². The van der Waals surface area contributed by atoms with Crippen LogP contribution in [-0.2, 0) is 13.5 Å². The molecule has 140 valence electrons. The molecule has 0 aliphatic heterocycles. The molecule has 0 radical (unpaired) electrons. The molecular weight excluding hydrogens is 364 g/mol. The molecule has 0 unspecified atom stereocenters. The van der Waals surface area contributed by atoms with Gasteiger partial charge in [0.05, 0.1) is 16.9 Å². The Bertz CT molecular complexity index is 1060. The van der Waals surface area contributed by atoms with Gasteiger partial charge in [-0.25, -0.2) is 9.78 Å². The Morgan fingerprint density at radius 1 is 1.26 bits per heavy atom. The summed E-state index contributed by atoms with van der Waals surface area (Å²) < 4.78 is 1.44. The number of nitrogens with zero attached hydrogens (tertiary/aromatic N) is 2. The van der Waals surface area contributed by atoms with E-state index in [-0.39, 0.29) is 11.6 Å². The largest absolute Gasteiger partial charge is 0.328 e. The number of nitrogens with one attached hydrogen (secondary N) is 2. The van der Waals surface area contributed by atoms with Crippen molar-refractivity contribution in [2.45, 2.75) is 26.3 Å². The monoisotopic (exact) mass is 384 g/mol. The summed E-state index contributed by atoms with van der Waals surface area (Å²) in [5.41, 5.74) is 2.17. The summed E-state index contributed by atoms with van der Waals surface area (Å²) in [6.45, 7) is 3.83. The van der Waals surface area contributed by atoms with Gasteiger partial charge in [-0.2, -0.15) is 0 Å². The number of aromatic nitrogens is 2. The van der Waals surface area contributed by atoms with E-state index < -0.39 is 6.04 Å². The fourth-order valence-electron chi connectivity index (χ4n) is 2.95. The highest BCUT2D eigenvalue weighted by Crippen LogP contribution is 2.18. The Labute approximate surface area is 162 Å². The van der Waals surface area contributed by atoms with Crippen LogP contribution < -0.4 is 16.2 Å². The average Bonchev–Trinajstić information content (AvgIpc) is 2.64. The molecule has 2 amide bonds. The van der Waals surface area contributed by atoms with Crippen LogP contribution in [0.5, 0.6) is 0 Å². The molecule has 2 aromatic carbocycles. The number of rotatable bonds is 4. The zero-order valence-corrected chi connectivity index (χ0v) is 16.2. The Morgan fingerprint density at radius 3 is 2.78 bits per heavy atom. The molecule has 1 atom stereocenters. The third-order valence-corrected chi connectivity index (χ3v) is 4.64. The fraction of sp³-hybridized carbons (Fsp3) is 0.250. The minimum Gasteiger partial charge on any atom is -0.328 e. The Balaban J connectivity index is 1.83. The predicted molar refractivity (Wildman–Crippen MR) is 108 cm³/mol.